The highest BCUT2D eigenvalue weighted by molar-refractivity contribution is 7.89. The summed E-state index contributed by atoms with van der Waals surface area (Å²) in [7, 11) is -4.11. The van der Waals surface area contributed by atoms with Gasteiger partial charge in [-0.3, -0.25) is 0 Å². The summed E-state index contributed by atoms with van der Waals surface area (Å²) in [6.07, 6.45) is -1.61. The Hall–Kier alpha value is -3.43. The van der Waals surface area contributed by atoms with Crippen molar-refractivity contribution in [1.82, 2.24) is 14.9 Å². The summed E-state index contributed by atoms with van der Waals surface area (Å²) in [5.74, 6) is -0.0629. The van der Waals surface area contributed by atoms with Crippen molar-refractivity contribution in [2.45, 2.75) is 88.9 Å². The number of nitrogens with two attached hydrogens (primary N) is 1. The monoisotopic (exact) mass is 690 g/mol. The average Bonchev–Trinajstić information content (AvgIpc) is 3.64. The Balaban J connectivity index is 1.51. The summed E-state index contributed by atoms with van der Waals surface area (Å²) < 4.78 is 51.4. The number of amides is 2. The van der Waals surface area contributed by atoms with E-state index < -0.39 is 52.2 Å². The van der Waals surface area contributed by atoms with E-state index in [4.69, 9.17) is 24.7 Å². The molecule has 0 bridgehead atoms. The van der Waals surface area contributed by atoms with Gasteiger partial charge in [0, 0.05) is 25.3 Å². The number of nitrogens with zero attached hydrogens (tertiary/aromatic N) is 1. The molecule has 13 nitrogen and oxygen atoms in total. The van der Waals surface area contributed by atoms with E-state index in [9.17, 15) is 23.1 Å². The number of hydrogen-bond donors (Lipinski definition) is 4. The van der Waals surface area contributed by atoms with E-state index in [-0.39, 0.29) is 43.0 Å². The molecule has 2 saturated heterocycles. The summed E-state index contributed by atoms with van der Waals surface area (Å²) in [5.41, 5.74) is 6.53. The van der Waals surface area contributed by atoms with Crippen LogP contribution in [0.5, 0.6) is 0 Å². The minimum absolute atomic E-state index is 0.0272. The summed E-state index contributed by atoms with van der Waals surface area (Å²) in [6.45, 7) is 8.23. The van der Waals surface area contributed by atoms with E-state index >= 15 is 0 Å². The molecule has 2 heterocycles. The number of nitrogens with one attached hydrogen (secondary N) is 2. The first-order valence-corrected chi connectivity index (χ1v) is 17.9. The number of anilines is 1. The molecule has 5 atom stereocenters. The van der Waals surface area contributed by atoms with Crippen LogP contribution in [0.4, 0.5) is 15.3 Å². The lowest BCUT2D eigenvalue weighted by Gasteiger charge is -2.35. The van der Waals surface area contributed by atoms with Gasteiger partial charge in [0.05, 0.1) is 42.3 Å². The molecule has 0 spiro atoms. The summed E-state index contributed by atoms with van der Waals surface area (Å²) in [4.78, 5) is 25.1. The van der Waals surface area contributed by atoms with E-state index in [1.165, 1.54) is 28.6 Å². The number of fused-ring (bicyclic) bond motifs is 1. The molecule has 2 amide bonds. The highest BCUT2D eigenvalue weighted by Gasteiger charge is 2.44. The summed E-state index contributed by atoms with van der Waals surface area (Å²) >= 11 is 0. The molecule has 2 aromatic rings. The fourth-order valence-corrected chi connectivity index (χ4v) is 7.61. The number of sulfonamides is 1. The Morgan fingerprint density at radius 3 is 2.48 bits per heavy atom. The lowest BCUT2D eigenvalue weighted by Crippen LogP contribution is -2.52. The number of alkyl carbamates (subject to hydrolysis) is 2. The zero-order valence-corrected chi connectivity index (χ0v) is 29.0. The maximum atomic E-state index is 14.1. The number of ether oxygens (including phenoxy) is 4. The van der Waals surface area contributed by atoms with Crippen LogP contribution < -0.4 is 16.4 Å². The third kappa shape index (κ3) is 10.8. The normalized spacial score (nSPS) is 20.7. The van der Waals surface area contributed by atoms with E-state index in [2.05, 4.69) is 10.6 Å². The molecular weight excluding hydrogens is 640 g/mol. The number of carbonyl (C=O) groups is 2. The quantitative estimate of drug-likeness (QED) is 0.150. The van der Waals surface area contributed by atoms with Crippen LogP contribution in [-0.4, -0.2) is 93.5 Å². The molecule has 48 heavy (non-hydrogen) atoms. The van der Waals surface area contributed by atoms with E-state index in [0.29, 0.717) is 38.1 Å². The van der Waals surface area contributed by atoms with Gasteiger partial charge in [-0.2, -0.15) is 4.31 Å². The zero-order chi connectivity index (χ0) is 34.9. The molecule has 266 valence electrons. The van der Waals surface area contributed by atoms with Gasteiger partial charge in [-0.1, -0.05) is 44.2 Å². The van der Waals surface area contributed by atoms with Crippen molar-refractivity contribution in [2.75, 3.05) is 38.6 Å². The van der Waals surface area contributed by atoms with Crippen LogP contribution in [0.3, 0.4) is 0 Å². The van der Waals surface area contributed by atoms with Gasteiger partial charge in [0.2, 0.25) is 10.0 Å². The molecule has 2 aliphatic heterocycles. The predicted octanol–water partition coefficient (Wildman–Crippen LogP) is 3.66. The van der Waals surface area contributed by atoms with Crippen LogP contribution >= 0.6 is 0 Å². The van der Waals surface area contributed by atoms with E-state index in [0.717, 1.165) is 5.56 Å². The number of benzene rings is 2. The van der Waals surface area contributed by atoms with Gasteiger partial charge in [0.1, 0.15) is 6.10 Å². The molecule has 2 aromatic carbocycles. The van der Waals surface area contributed by atoms with Crippen LogP contribution in [-0.2, 0) is 35.4 Å². The smallest absolute Gasteiger partial charge is 0.407 e. The van der Waals surface area contributed by atoms with Gasteiger partial charge in [-0.25, -0.2) is 18.0 Å². The Kier molecular flexibility index (Phi) is 13.1. The average molecular weight is 691 g/mol. The van der Waals surface area contributed by atoms with Gasteiger partial charge >= 0.3 is 12.2 Å². The van der Waals surface area contributed by atoms with Crippen LogP contribution in [0, 0.1) is 11.3 Å². The SMILES string of the molecule is CC(C)OC(=O)NCCCC(C)(C)CN(C[C@@H](O)[C@H](Cc1ccccc1)NC(=O)O[C@H]1CO[C@H]2OCC[C@H]21)S(=O)(=O)c1ccc(N)cc1. The third-order valence-corrected chi connectivity index (χ3v) is 10.3. The maximum Gasteiger partial charge on any atom is 0.407 e. The Morgan fingerprint density at radius 2 is 1.79 bits per heavy atom. The molecule has 0 saturated carbocycles. The third-order valence-electron chi connectivity index (χ3n) is 8.47. The number of nitrogen functional groups attached to an aromatic ring is 1. The second-order valence-electron chi connectivity index (χ2n) is 13.5. The van der Waals surface area contributed by atoms with Crippen molar-refractivity contribution in [2.24, 2.45) is 11.3 Å². The summed E-state index contributed by atoms with van der Waals surface area (Å²) in [5, 5.41) is 17.2. The topological polar surface area (TPSA) is 179 Å². The van der Waals surface area contributed by atoms with Crippen molar-refractivity contribution in [3.8, 4) is 0 Å². The molecule has 2 fully saturated rings. The van der Waals surface area contributed by atoms with Crippen molar-refractivity contribution >= 4 is 27.9 Å². The zero-order valence-electron chi connectivity index (χ0n) is 28.2. The highest BCUT2D eigenvalue weighted by Crippen LogP contribution is 2.33. The van der Waals surface area contributed by atoms with E-state index in [1.54, 1.807) is 13.8 Å². The molecule has 2 aliphatic rings. The first-order valence-electron chi connectivity index (χ1n) is 16.5. The second-order valence-corrected chi connectivity index (χ2v) is 15.4. The molecule has 5 N–H and O–H groups in total. The van der Waals surface area contributed by atoms with Gasteiger partial charge in [0.15, 0.2) is 6.29 Å². The van der Waals surface area contributed by atoms with Gasteiger partial charge in [-0.15, -0.1) is 0 Å². The van der Waals surface area contributed by atoms with Crippen LogP contribution in [0.1, 0.15) is 52.5 Å². The lowest BCUT2D eigenvalue weighted by atomic mass is 9.87. The summed E-state index contributed by atoms with van der Waals surface area (Å²) in [6, 6.07) is 14.3. The number of hydrogen-bond acceptors (Lipinski definition) is 10. The van der Waals surface area contributed by atoms with Crippen molar-refractivity contribution in [3.05, 3.63) is 60.2 Å². The Morgan fingerprint density at radius 1 is 1.08 bits per heavy atom. The largest absolute Gasteiger partial charge is 0.447 e. The second kappa shape index (κ2) is 16.8. The molecule has 0 aromatic heterocycles. The van der Waals surface area contributed by atoms with E-state index in [1.807, 2.05) is 44.2 Å². The molecule has 0 aliphatic carbocycles. The fourth-order valence-electron chi connectivity index (χ4n) is 5.96. The predicted molar refractivity (Wildman–Crippen MR) is 179 cm³/mol. The number of carbonyl (C=O) groups excluding carboxylic acids is 2. The minimum atomic E-state index is -4.11. The van der Waals surface area contributed by atoms with Crippen LogP contribution in [0.15, 0.2) is 59.5 Å². The molecule has 14 heteroatoms. The number of aliphatic hydroxyl groups excluding tert-OH is 1. The fraction of sp³-hybridized carbons (Fsp3) is 0.588. The molecular formula is C34H50N4O9S. The Labute approximate surface area is 283 Å². The number of rotatable bonds is 16. The molecule has 4 rings (SSSR count). The van der Waals surface area contributed by atoms with Crippen molar-refractivity contribution in [1.29, 1.82) is 0 Å². The van der Waals surface area contributed by atoms with Gasteiger partial charge < -0.3 is 40.4 Å². The van der Waals surface area contributed by atoms with Gasteiger partial charge in [-0.05, 0) is 74.8 Å². The van der Waals surface area contributed by atoms with Gasteiger partial charge in [0.25, 0.3) is 0 Å². The van der Waals surface area contributed by atoms with Crippen LogP contribution in [0.2, 0.25) is 0 Å². The Bertz CT molecular complexity index is 1440. The van der Waals surface area contributed by atoms with Crippen molar-refractivity contribution < 1.29 is 42.1 Å². The first-order chi connectivity index (χ1) is 22.7. The van der Waals surface area contributed by atoms with Crippen LogP contribution in [0.25, 0.3) is 0 Å². The first kappa shape index (κ1) is 37.4. The van der Waals surface area contributed by atoms with Crippen molar-refractivity contribution in [3.63, 3.8) is 0 Å². The molecule has 0 radical (unpaired) electrons. The highest BCUT2D eigenvalue weighted by atomic mass is 32.2. The maximum absolute atomic E-state index is 14.1. The number of aliphatic hydroxyl groups is 1. The standard InChI is InChI=1S/C34H50N4O9S/c1-23(2)46-32(40)36-17-8-16-34(3,4)22-38(48(42,43)26-13-11-25(35)12-14-26)20-29(39)28(19-24-9-6-5-7-10-24)37-33(41)47-30-21-45-31-27(30)15-18-44-31/h5-7,9-14,23,27-31,39H,8,15-22,35H2,1-4H3,(H,36,40)(H,37,41)/t27-,28-,29+,30-,31+/m0/s1. The molecule has 0 unspecified atom stereocenters. The lowest BCUT2D eigenvalue weighted by molar-refractivity contribution is -0.0907. The minimum Gasteiger partial charge on any atom is -0.447 e.